The topological polar surface area (TPSA) is 107 Å². The van der Waals surface area contributed by atoms with Crippen LogP contribution in [0.15, 0.2) is 43.2 Å². The molecule has 0 saturated heterocycles. The van der Waals surface area contributed by atoms with E-state index in [2.05, 4.69) is 34.0 Å². The van der Waals surface area contributed by atoms with Crippen LogP contribution in [0.2, 0.25) is 0 Å². The number of aromatic nitrogens is 5. The van der Waals surface area contributed by atoms with Crippen LogP contribution in [-0.2, 0) is 4.74 Å². The summed E-state index contributed by atoms with van der Waals surface area (Å²) in [6, 6.07) is 4.19. The van der Waals surface area contributed by atoms with Gasteiger partial charge in [-0.05, 0) is 38.8 Å². The average molecular weight is 457 g/mol. The van der Waals surface area contributed by atoms with Gasteiger partial charge in [0.25, 0.3) is 5.91 Å². The molecule has 0 radical (unpaired) electrons. The molecule has 0 bridgehead atoms. The van der Waals surface area contributed by atoms with Gasteiger partial charge >= 0.3 is 0 Å². The number of hydrogen-bond acceptors (Lipinski definition) is 6. The second-order valence-electron chi connectivity index (χ2n) is 8.40. The summed E-state index contributed by atoms with van der Waals surface area (Å²) >= 11 is 0. The van der Waals surface area contributed by atoms with E-state index in [0.29, 0.717) is 18.0 Å². The van der Waals surface area contributed by atoms with E-state index in [1.165, 1.54) is 19.3 Å². The van der Waals surface area contributed by atoms with Gasteiger partial charge in [0.05, 0.1) is 25.1 Å². The normalized spacial score (nSPS) is 14.1. The van der Waals surface area contributed by atoms with Crippen LogP contribution in [0.25, 0.3) is 17.1 Å². The number of methoxy groups -OCH3 is 1. The van der Waals surface area contributed by atoms with Crippen molar-refractivity contribution in [3.8, 4) is 17.1 Å². The predicted molar refractivity (Wildman–Crippen MR) is 128 cm³/mol. The molecule has 0 unspecified atom stereocenters. The van der Waals surface area contributed by atoms with Crippen LogP contribution in [0, 0.1) is 0 Å². The quantitative estimate of drug-likeness (QED) is 0.562. The molecule has 3 aromatic heterocycles. The summed E-state index contributed by atoms with van der Waals surface area (Å²) < 4.78 is 8.15. The molecule has 0 spiro atoms. The fraction of sp³-hybridized carbons (Fsp3) is 0.500. The summed E-state index contributed by atoms with van der Waals surface area (Å²) in [5.41, 5.74) is 2.23. The third-order valence-corrected chi connectivity index (χ3v) is 5.51. The Kier molecular flexibility index (Phi) is 9.14. The molecule has 9 heteroatoms. The number of rotatable bonds is 7. The summed E-state index contributed by atoms with van der Waals surface area (Å²) in [4.78, 5) is 21.8. The Hall–Kier alpha value is -3.04. The second-order valence-corrected chi connectivity index (χ2v) is 8.40. The van der Waals surface area contributed by atoms with Crippen LogP contribution in [-0.4, -0.2) is 61.7 Å². The minimum atomic E-state index is -0.0480. The number of carbonyl (C=O) groups is 1. The number of ether oxygens (including phenoxy) is 1. The summed E-state index contributed by atoms with van der Waals surface area (Å²) in [6.07, 6.45) is 14.7. The van der Waals surface area contributed by atoms with Crippen molar-refractivity contribution < 1.29 is 16.1 Å². The zero-order valence-electron chi connectivity index (χ0n) is 19.6. The molecule has 0 aromatic carbocycles. The fourth-order valence-corrected chi connectivity index (χ4v) is 3.68. The molecule has 3 aromatic rings. The van der Waals surface area contributed by atoms with Crippen molar-refractivity contribution in [3.63, 3.8) is 0 Å². The molecule has 4 rings (SSSR count). The molecule has 0 aliphatic heterocycles. The predicted octanol–water partition coefficient (Wildman–Crippen LogP) is 3.65. The van der Waals surface area contributed by atoms with Gasteiger partial charge in [-0.25, -0.2) is 9.97 Å². The molecule has 33 heavy (non-hydrogen) atoms. The van der Waals surface area contributed by atoms with Crippen molar-refractivity contribution in [3.05, 3.63) is 48.8 Å². The zero-order chi connectivity index (χ0) is 23.6. The molecule has 3 heterocycles. The van der Waals surface area contributed by atoms with E-state index in [-0.39, 0.29) is 26.0 Å². The van der Waals surface area contributed by atoms with Crippen molar-refractivity contribution in [1.29, 1.82) is 0 Å². The summed E-state index contributed by atoms with van der Waals surface area (Å²) in [5.74, 6) is 0.620. The van der Waals surface area contributed by atoms with Crippen LogP contribution in [0.4, 0.5) is 0 Å². The van der Waals surface area contributed by atoms with Crippen molar-refractivity contribution in [1.82, 2.24) is 29.6 Å². The molecule has 1 amide bonds. The number of aliphatic hydroxyl groups excluding tert-OH is 1. The van der Waals surface area contributed by atoms with Gasteiger partial charge in [0.15, 0.2) is 0 Å². The highest BCUT2D eigenvalue weighted by Crippen LogP contribution is 2.23. The number of aliphatic hydroxyl groups is 1. The number of amides is 1. The molecule has 1 saturated carbocycles. The monoisotopic (exact) mass is 456 g/mol. The Labute approximate surface area is 196 Å². The van der Waals surface area contributed by atoms with Crippen molar-refractivity contribution >= 4 is 5.91 Å². The van der Waals surface area contributed by atoms with Gasteiger partial charge in [-0.3, -0.25) is 14.0 Å². The van der Waals surface area contributed by atoms with Gasteiger partial charge in [-0.2, -0.15) is 5.10 Å². The molecule has 180 valence electrons. The van der Waals surface area contributed by atoms with E-state index >= 15 is 0 Å². The number of carbonyl (C=O) groups excluding carboxylic acids is 1. The van der Waals surface area contributed by atoms with E-state index in [9.17, 15) is 4.79 Å². The van der Waals surface area contributed by atoms with Gasteiger partial charge in [0.1, 0.15) is 12.1 Å². The largest absolute Gasteiger partial charge is 0.394 e. The van der Waals surface area contributed by atoms with E-state index in [1.807, 2.05) is 33.8 Å². The summed E-state index contributed by atoms with van der Waals surface area (Å²) in [7, 11) is 1.55. The number of imidazole rings is 1. The Bertz CT molecular complexity index is 998. The lowest BCUT2D eigenvalue weighted by molar-refractivity contribution is 0.0927. The standard InChI is InChI=1S/C21H26N6O.C3H8O2.H2/c1-15(2)27-13-17(12-23-27)19-10-16(11-20(25-19)26-9-8-22-14-26)21(28)24-18-6-4-3-5-7-18;1-5-3-2-4;/h8-15,18H,3-7H2,1-2H3,(H,24,28);4H,2-3H2,1H3;1H. The second kappa shape index (κ2) is 12.3. The lowest BCUT2D eigenvalue weighted by Gasteiger charge is -2.23. The van der Waals surface area contributed by atoms with E-state index < -0.39 is 0 Å². The first-order valence-electron chi connectivity index (χ1n) is 11.5. The molecule has 1 aliphatic carbocycles. The lowest BCUT2D eigenvalue weighted by Crippen LogP contribution is -2.36. The number of hydrogen-bond donors (Lipinski definition) is 2. The first-order chi connectivity index (χ1) is 16.0. The third kappa shape index (κ3) is 6.97. The first-order valence-corrected chi connectivity index (χ1v) is 11.5. The minimum Gasteiger partial charge on any atom is -0.394 e. The average Bonchev–Trinajstić information content (AvgIpc) is 3.53. The Morgan fingerprint density at radius 1 is 1.30 bits per heavy atom. The van der Waals surface area contributed by atoms with Crippen molar-refractivity contribution in [2.75, 3.05) is 20.3 Å². The maximum atomic E-state index is 12.9. The molecular weight excluding hydrogens is 420 g/mol. The van der Waals surface area contributed by atoms with Gasteiger partial charge in [0.2, 0.25) is 0 Å². The molecule has 0 atom stereocenters. The van der Waals surface area contributed by atoms with E-state index in [0.717, 1.165) is 24.1 Å². The number of nitrogens with one attached hydrogen (secondary N) is 1. The van der Waals surface area contributed by atoms with Gasteiger partial charge in [-0.15, -0.1) is 0 Å². The molecular formula is C24H36N6O3. The van der Waals surface area contributed by atoms with Crippen LogP contribution >= 0.6 is 0 Å². The van der Waals surface area contributed by atoms with Gasteiger partial charge < -0.3 is 15.2 Å². The maximum Gasteiger partial charge on any atom is 0.251 e. The highest BCUT2D eigenvalue weighted by molar-refractivity contribution is 5.95. The van der Waals surface area contributed by atoms with Gasteiger partial charge in [0, 0.05) is 50.3 Å². The molecule has 9 nitrogen and oxygen atoms in total. The van der Waals surface area contributed by atoms with Crippen LogP contribution in [0.1, 0.15) is 63.8 Å². The van der Waals surface area contributed by atoms with Gasteiger partial charge in [-0.1, -0.05) is 19.3 Å². The van der Waals surface area contributed by atoms with Crippen molar-refractivity contribution in [2.24, 2.45) is 0 Å². The van der Waals surface area contributed by atoms with Crippen LogP contribution in [0.5, 0.6) is 0 Å². The highest BCUT2D eigenvalue weighted by Gasteiger charge is 2.19. The van der Waals surface area contributed by atoms with Crippen molar-refractivity contribution in [2.45, 2.75) is 58.0 Å². The maximum absolute atomic E-state index is 12.9. The third-order valence-electron chi connectivity index (χ3n) is 5.51. The SMILES string of the molecule is CC(C)n1cc(-c2cc(C(=O)NC3CCCCC3)cc(-n3ccnc3)n2)cn1.COCCO.[HH]. The molecule has 1 aliphatic rings. The summed E-state index contributed by atoms with van der Waals surface area (Å²) in [5, 5.41) is 15.5. The van der Waals surface area contributed by atoms with E-state index in [1.54, 1.807) is 25.8 Å². The van der Waals surface area contributed by atoms with Crippen LogP contribution < -0.4 is 5.32 Å². The van der Waals surface area contributed by atoms with Crippen LogP contribution in [0.3, 0.4) is 0 Å². The Balaban J connectivity index is 0.000000619. The first kappa shape index (κ1) is 24.6. The fourth-order valence-electron chi connectivity index (χ4n) is 3.68. The molecule has 2 N–H and O–H groups in total. The number of nitrogens with zero attached hydrogens (tertiary/aromatic N) is 5. The smallest absolute Gasteiger partial charge is 0.251 e. The highest BCUT2D eigenvalue weighted by atomic mass is 16.5. The van der Waals surface area contributed by atoms with E-state index in [4.69, 9.17) is 10.1 Å². The number of pyridine rings is 1. The minimum absolute atomic E-state index is 0. The Morgan fingerprint density at radius 3 is 2.67 bits per heavy atom. The molecule has 1 fully saturated rings. The Morgan fingerprint density at radius 2 is 2.09 bits per heavy atom. The lowest BCUT2D eigenvalue weighted by atomic mass is 9.95. The zero-order valence-corrected chi connectivity index (χ0v) is 19.6. The summed E-state index contributed by atoms with van der Waals surface area (Å²) in [6.45, 7) is 4.72.